The average Bonchev–Trinajstić information content (AvgIpc) is 2.75. The van der Waals surface area contributed by atoms with Gasteiger partial charge < -0.3 is 4.74 Å². The standard InChI is InChI=1S/C12H9Br2ClOS/c1-16-10-3-2-8(15)5-9(10)12(14)7-4-11(13)17-6-7/h2-6,12H,1H3. The van der Waals surface area contributed by atoms with Crippen LogP contribution in [0, 0.1) is 0 Å². The quantitative estimate of drug-likeness (QED) is 0.609. The Morgan fingerprint density at radius 2 is 2.12 bits per heavy atom. The summed E-state index contributed by atoms with van der Waals surface area (Å²) in [6.45, 7) is 0. The Bertz CT molecular complexity index is 527. The minimum atomic E-state index is 0.0821. The molecule has 2 aromatic rings. The van der Waals surface area contributed by atoms with Crippen LogP contribution in [-0.4, -0.2) is 7.11 Å². The summed E-state index contributed by atoms with van der Waals surface area (Å²) in [6, 6.07) is 7.72. The third-order valence-corrected chi connectivity index (χ3v) is 5.12. The smallest absolute Gasteiger partial charge is 0.123 e. The molecule has 0 spiro atoms. The molecule has 1 unspecified atom stereocenters. The van der Waals surface area contributed by atoms with Crippen LogP contribution in [0.2, 0.25) is 5.02 Å². The van der Waals surface area contributed by atoms with Gasteiger partial charge in [0.2, 0.25) is 0 Å². The summed E-state index contributed by atoms with van der Waals surface area (Å²) in [4.78, 5) is 0.0821. The topological polar surface area (TPSA) is 9.23 Å². The third-order valence-electron chi connectivity index (χ3n) is 2.35. The van der Waals surface area contributed by atoms with Gasteiger partial charge in [0, 0.05) is 10.6 Å². The molecule has 0 radical (unpaired) electrons. The number of ether oxygens (including phenoxy) is 1. The number of thiophene rings is 1. The predicted octanol–water partition coefficient (Wildman–Crippen LogP) is 5.66. The first-order chi connectivity index (χ1) is 8.11. The molecular formula is C12H9Br2ClOS. The molecule has 5 heteroatoms. The van der Waals surface area contributed by atoms with Crippen LogP contribution < -0.4 is 4.74 Å². The molecule has 0 bridgehead atoms. The molecule has 0 amide bonds. The summed E-state index contributed by atoms with van der Waals surface area (Å²) in [5.74, 6) is 0.832. The summed E-state index contributed by atoms with van der Waals surface area (Å²) in [5.41, 5.74) is 2.22. The summed E-state index contributed by atoms with van der Waals surface area (Å²) >= 11 is 14.8. The SMILES string of the molecule is COc1ccc(Cl)cc1C(Br)c1csc(Br)c1. The number of hydrogen-bond acceptors (Lipinski definition) is 2. The molecule has 1 nitrogen and oxygen atoms in total. The van der Waals surface area contributed by atoms with Crippen molar-refractivity contribution in [2.45, 2.75) is 4.83 Å². The molecule has 0 aliphatic carbocycles. The lowest BCUT2D eigenvalue weighted by atomic mass is 10.1. The fourth-order valence-electron chi connectivity index (χ4n) is 1.54. The van der Waals surface area contributed by atoms with Gasteiger partial charge in [0.05, 0.1) is 15.7 Å². The Balaban J connectivity index is 2.42. The van der Waals surface area contributed by atoms with E-state index in [-0.39, 0.29) is 4.83 Å². The molecule has 0 saturated heterocycles. The Labute approximate surface area is 126 Å². The summed E-state index contributed by atoms with van der Waals surface area (Å²) < 4.78 is 6.46. The number of methoxy groups -OCH3 is 1. The second-order valence-corrected chi connectivity index (χ2v) is 7.08. The zero-order valence-electron chi connectivity index (χ0n) is 8.91. The molecule has 0 N–H and O–H groups in total. The highest BCUT2D eigenvalue weighted by atomic mass is 79.9. The molecule has 0 aliphatic heterocycles. The van der Waals surface area contributed by atoms with E-state index in [1.807, 2.05) is 18.2 Å². The minimum Gasteiger partial charge on any atom is -0.496 e. The monoisotopic (exact) mass is 394 g/mol. The van der Waals surface area contributed by atoms with Crippen LogP contribution in [0.4, 0.5) is 0 Å². The van der Waals surface area contributed by atoms with Gasteiger partial charge in [-0.05, 0) is 51.1 Å². The van der Waals surface area contributed by atoms with Crippen LogP contribution >= 0.6 is 54.8 Å². The lowest BCUT2D eigenvalue weighted by molar-refractivity contribution is 0.410. The van der Waals surface area contributed by atoms with Gasteiger partial charge >= 0.3 is 0 Å². The maximum absolute atomic E-state index is 6.03. The molecule has 17 heavy (non-hydrogen) atoms. The van der Waals surface area contributed by atoms with Crippen molar-refractivity contribution < 1.29 is 4.74 Å². The number of alkyl halides is 1. The van der Waals surface area contributed by atoms with E-state index in [0.717, 1.165) is 15.1 Å². The maximum Gasteiger partial charge on any atom is 0.123 e. The highest BCUT2D eigenvalue weighted by Gasteiger charge is 2.16. The molecule has 0 saturated carbocycles. The molecule has 2 rings (SSSR count). The van der Waals surface area contributed by atoms with Crippen molar-refractivity contribution in [3.05, 3.63) is 49.6 Å². The highest BCUT2D eigenvalue weighted by Crippen LogP contribution is 2.40. The van der Waals surface area contributed by atoms with E-state index < -0.39 is 0 Å². The largest absolute Gasteiger partial charge is 0.496 e. The Morgan fingerprint density at radius 3 is 2.71 bits per heavy atom. The van der Waals surface area contributed by atoms with E-state index in [1.54, 1.807) is 18.4 Å². The molecule has 1 aromatic heterocycles. The van der Waals surface area contributed by atoms with Crippen molar-refractivity contribution in [1.82, 2.24) is 0 Å². The zero-order valence-corrected chi connectivity index (χ0v) is 13.7. The normalized spacial score (nSPS) is 12.5. The lowest BCUT2D eigenvalue weighted by Crippen LogP contribution is -1.95. The lowest BCUT2D eigenvalue weighted by Gasteiger charge is -2.13. The van der Waals surface area contributed by atoms with Gasteiger partial charge in [-0.1, -0.05) is 27.5 Å². The predicted molar refractivity (Wildman–Crippen MR) is 80.8 cm³/mol. The third kappa shape index (κ3) is 3.05. The number of rotatable bonds is 3. The van der Waals surface area contributed by atoms with Crippen LogP contribution in [0.25, 0.3) is 0 Å². The summed E-state index contributed by atoms with van der Waals surface area (Å²) in [6.07, 6.45) is 0. The molecule has 1 aromatic carbocycles. The van der Waals surface area contributed by atoms with Crippen molar-refractivity contribution in [3.8, 4) is 5.75 Å². The van der Waals surface area contributed by atoms with Crippen molar-refractivity contribution in [1.29, 1.82) is 0 Å². The Morgan fingerprint density at radius 1 is 1.35 bits per heavy atom. The van der Waals surface area contributed by atoms with Gasteiger partial charge in [-0.15, -0.1) is 11.3 Å². The molecule has 90 valence electrons. The molecular weight excluding hydrogens is 387 g/mol. The first kappa shape index (κ1) is 13.4. The van der Waals surface area contributed by atoms with Crippen LogP contribution in [0.1, 0.15) is 16.0 Å². The highest BCUT2D eigenvalue weighted by molar-refractivity contribution is 9.11. The van der Waals surface area contributed by atoms with E-state index in [1.165, 1.54) is 5.56 Å². The molecule has 1 heterocycles. The van der Waals surface area contributed by atoms with Crippen LogP contribution in [-0.2, 0) is 0 Å². The fourth-order valence-corrected chi connectivity index (χ4v) is 3.72. The van der Waals surface area contributed by atoms with Crippen LogP contribution in [0.3, 0.4) is 0 Å². The zero-order chi connectivity index (χ0) is 12.4. The van der Waals surface area contributed by atoms with Crippen LogP contribution in [0.5, 0.6) is 5.75 Å². The average molecular weight is 397 g/mol. The van der Waals surface area contributed by atoms with Gasteiger partial charge in [-0.3, -0.25) is 0 Å². The summed E-state index contributed by atoms with van der Waals surface area (Å²) in [5, 5.41) is 2.81. The maximum atomic E-state index is 6.03. The van der Waals surface area contributed by atoms with Crippen LogP contribution in [0.15, 0.2) is 33.4 Å². The van der Waals surface area contributed by atoms with Crippen molar-refractivity contribution >= 4 is 54.8 Å². The Hall–Kier alpha value is -0.0300. The van der Waals surface area contributed by atoms with E-state index in [9.17, 15) is 0 Å². The molecule has 0 aliphatic rings. The van der Waals surface area contributed by atoms with Gasteiger partial charge in [0.25, 0.3) is 0 Å². The molecule has 0 fully saturated rings. The van der Waals surface area contributed by atoms with Gasteiger partial charge in [-0.2, -0.15) is 0 Å². The first-order valence-corrected chi connectivity index (χ1v) is 7.80. The van der Waals surface area contributed by atoms with Crippen molar-refractivity contribution in [3.63, 3.8) is 0 Å². The fraction of sp³-hybridized carbons (Fsp3) is 0.167. The van der Waals surface area contributed by atoms with E-state index in [4.69, 9.17) is 16.3 Å². The number of benzene rings is 1. The summed E-state index contributed by atoms with van der Waals surface area (Å²) in [7, 11) is 1.66. The van der Waals surface area contributed by atoms with Gasteiger partial charge in [-0.25, -0.2) is 0 Å². The van der Waals surface area contributed by atoms with Gasteiger partial charge in [0.1, 0.15) is 5.75 Å². The van der Waals surface area contributed by atoms with Gasteiger partial charge in [0.15, 0.2) is 0 Å². The van der Waals surface area contributed by atoms with E-state index in [2.05, 4.69) is 43.3 Å². The minimum absolute atomic E-state index is 0.0821. The van der Waals surface area contributed by atoms with E-state index in [0.29, 0.717) is 5.02 Å². The number of hydrogen-bond donors (Lipinski definition) is 0. The van der Waals surface area contributed by atoms with Crippen molar-refractivity contribution in [2.24, 2.45) is 0 Å². The first-order valence-electron chi connectivity index (χ1n) is 4.83. The molecule has 1 atom stereocenters. The number of halogens is 3. The second kappa shape index (κ2) is 5.74. The Kier molecular flexibility index (Phi) is 4.53. The van der Waals surface area contributed by atoms with Crippen molar-refractivity contribution in [2.75, 3.05) is 7.11 Å². The van der Waals surface area contributed by atoms with E-state index >= 15 is 0 Å². The second-order valence-electron chi connectivity index (χ2n) is 3.43.